The van der Waals surface area contributed by atoms with Crippen LogP contribution in [0.4, 0.5) is 5.69 Å². The van der Waals surface area contributed by atoms with Crippen LogP contribution >= 0.6 is 0 Å². The Kier molecular flexibility index (Phi) is 5.90. The predicted octanol–water partition coefficient (Wildman–Crippen LogP) is 2.93. The van der Waals surface area contributed by atoms with E-state index in [1.165, 1.54) is 8.99 Å². The minimum atomic E-state index is -3.59. The molecule has 1 saturated heterocycles. The zero-order valence-corrected chi connectivity index (χ0v) is 17.8. The molecule has 152 valence electrons. The molecule has 1 amide bonds. The molecule has 0 unspecified atom stereocenters. The number of sulfonamides is 1. The molecule has 1 aliphatic rings. The van der Waals surface area contributed by atoms with Gasteiger partial charge in [-0.15, -0.1) is 0 Å². The second kappa shape index (κ2) is 8.05. The number of nitrogens with one attached hydrogen (secondary N) is 1. The van der Waals surface area contributed by atoms with Crippen molar-refractivity contribution in [3.8, 4) is 0 Å². The molecule has 0 bridgehead atoms. The van der Waals surface area contributed by atoms with Gasteiger partial charge in [-0.2, -0.15) is 9.40 Å². The minimum Gasteiger partial charge on any atom is -0.324 e. The molecule has 8 heteroatoms. The Morgan fingerprint density at radius 1 is 1.07 bits per heavy atom. The third kappa shape index (κ3) is 4.12. The molecule has 1 fully saturated rings. The maximum Gasteiger partial charge on any atom is 0.246 e. The lowest BCUT2D eigenvalue weighted by Gasteiger charge is -2.25. The Balaban J connectivity index is 1.79. The van der Waals surface area contributed by atoms with Crippen LogP contribution in [0.25, 0.3) is 0 Å². The number of aryl methyl sites for hydroxylation is 3. The number of piperidine rings is 1. The summed E-state index contributed by atoms with van der Waals surface area (Å²) in [5, 5.41) is 7.19. The minimum absolute atomic E-state index is 0.0326. The van der Waals surface area contributed by atoms with Crippen LogP contribution in [0.2, 0.25) is 0 Å². The number of aromatic nitrogens is 2. The summed E-state index contributed by atoms with van der Waals surface area (Å²) in [6.07, 6.45) is 2.82. The summed E-state index contributed by atoms with van der Waals surface area (Å²) in [5.41, 5.74) is 3.90. The van der Waals surface area contributed by atoms with E-state index in [2.05, 4.69) is 10.4 Å². The summed E-state index contributed by atoms with van der Waals surface area (Å²) in [7, 11) is -3.59. The van der Waals surface area contributed by atoms with Gasteiger partial charge >= 0.3 is 0 Å². The van der Waals surface area contributed by atoms with Gasteiger partial charge in [-0.05, 0) is 63.8 Å². The lowest BCUT2D eigenvalue weighted by molar-refractivity contribution is -0.116. The van der Waals surface area contributed by atoms with Crippen LogP contribution in [0.3, 0.4) is 0 Å². The lowest BCUT2D eigenvalue weighted by atomic mass is 10.1. The topological polar surface area (TPSA) is 84.3 Å². The molecule has 0 atom stereocenters. The van der Waals surface area contributed by atoms with Crippen LogP contribution in [0, 0.1) is 27.7 Å². The number of nitrogens with zero attached hydrogens (tertiary/aromatic N) is 3. The second-order valence-corrected chi connectivity index (χ2v) is 9.34. The van der Waals surface area contributed by atoms with E-state index in [-0.39, 0.29) is 17.3 Å². The van der Waals surface area contributed by atoms with E-state index < -0.39 is 10.0 Å². The first-order chi connectivity index (χ1) is 13.2. The zero-order valence-electron chi connectivity index (χ0n) is 16.9. The van der Waals surface area contributed by atoms with E-state index in [0.717, 1.165) is 36.1 Å². The van der Waals surface area contributed by atoms with Crippen molar-refractivity contribution in [1.29, 1.82) is 0 Å². The van der Waals surface area contributed by atoms with Crippen LogP contribution < -0.4 is 5.32 Å². The maximum absolute atomic E-state index is 13.1. The van der Waals surface area contributed by atoms with Crippen molar-refractivity contribution in [1.82, 2.24) is 14.1 Å². The highest BCUT2D eigenvalue weighted by Gasteiger charge is 2.32. The molecule has 0 radical (unpaired) electrons. The van der Waals surface area contributed by atoms with Gasteiger partial charge in [-0.1, -0.05) is 12.5 Å². The average Bonchev–Trinajstić information content (AvgIpc) is 2.92. The Morgan fingerprint density at radius 2 is 1.75 bits per heavy atom. The van der Waals surface area contributed by atoms with E-state index >= 15 is 0 Å². The van der Waals surface area contributed by atoms with Crippen LogP contribution in [0.5, 0.6) is 0 Å². The quantitative estimate of drug-likeness (QED) is 0.830. The smallest absolute Gasteiger partial charge is 0.246 e. The molecule has 0 saturated carbocycles. The van der Waals surface area contributed by atoms with Crippen molar-refractivity contribution in [3.05, 3.63) is 40.7 Å². The maximum atomic E-state index is 13.1. The summed E-state index contributed by atoms with van der Waals surface area (Å²) < 4.78 is 29.1. The fraction of sp³-hybridized carbons (Fsp3) is 0.500. The number of amides is 1. The molecule has 28 heavy (non-hydrogen) atoms. The van der Waals surface area contributed by atoms with Crippen molar-refractivity contribution in [2.24, 2.45) is 0 Å². The summed E-state index contributed by atoms with van der Waals surface area (Å²) in [6.45, 7) is 8.45. The van der Waals surface area contributed by atoms with E-state index in [4.69, 9.17) is 0 Å². The number of carbonyl (C=O) groups is 1. The van der Waals surface area contributed by atoms with Gasteiger partial charge in [0.2, 0.25) is 15.9 Å². The number of benzene rings is 1. The molecule has 1 N–H and O–H groups in total. The Labute approximate surface area is 166 Å². The highest BCUT2D eigenvalue weighted by molar-refractivity contribution is 7.89. The van der Waals surface area contributed by atoms with Crippen LogP contribution in [-0.4, -0.2) is 41.5 Å². The fourth-order valence-electron chi connectivity index (χ4n) is 3.60. The highest BCUT2D eigenvalue weighted by Crippen LogP contribution is 2.26. The number of hydrogen-bond donors (Lipinski definition) is 1. The van der Waals surface area contributed by atoms with E-state index in [0.29, 0.717) is 24.5 Å². The van der Waals surface area contributed by atoms with Crippen LogP contribution in [0.1, 0.15) is 41.8 Å². The molecular weight excluding hydrogens is 376 g/mol. The summed E-state index contributed by atoms with van der Waals surface area (Å²) in [5.74, 6) is -0.240. The molecule has 1 aliphatic heterocycles. The van der Waals surface area contributed by atoms with Gasteiger partial charge in [0.05, 0.1) is 11.4 Å². The van der Waals surface area contributed by atoms with Crippen molar-refractivity contribution < 1.29 is 13.2 Å². The number of anilines is 1. The van der Waals surface area contributed by atoms with Crippen LogP contribution in [-0.2, 0) is 21.4 Å². The van der Waals surface area contributed by atoms with Gasteiger partial charge in [0, 0.05) is 18.8 Å². The van der Waals surface area contributed by atoms with Crippen molar-refractivity contribution in [2.45, 2.75) is 58.4 Å². The Bertz CT molecular complexity index is 989. The Hall–Kier alpha value is -2.19. The van der Waals surface area contributed by atoms with Gasteiger partial charge < -0.3 is 5.32 Å². The molecule has 7 nitrogen and oxygen atoms in total. The SMILES string of the molecule is Cc1ccc(NC(=O)Cn2nc(C)c(S(=O)(=O)N3CCCCC3)c2C)cc1C. The van der Waals surface area contributed by atoms with Gasteiger partial charge in [0.25, 0.3) is 0 Å². The third-order valence-electron chi connectivity index (χ3n) is 5.31. The summed E-state index contributed by atoms with van der Waals surface area (Å²) in [4.78, 5) is 12.7. The van der Waals surface area contributed by atoms with E-state index in [1.807, 2.05) is 32.0 Å². The Morgan fingerprint density at radius 3 is 2.39 bits per heavy atom. The molecule has 1 aromatic carbocycles. The second-order valence-electron chi connectivity index (χ2n) is 7.47. The van der Waals surface area contributed by atoms with Gasteiger partial charge in [-0.25, -0.2) is 8.42 Å². The number of hydrogen-bond acceptors (Lipinski definition) is 4. The first-order valence-electron chi connectivity index (χ1n) is 9.61. The van der Waals surface area contributed by atoms with E-state index in [1.54, 1.807) is 13.8 Å². The summed E-state index contributed by atoms with van der Waals surface area (Å²) >= 11 is 0. The zero-order chi connectivity index (χ0) is 20.5. The predicted molar refractivity (Wildman–Crippen MR) is 109 cm³/mol. The summed E-state index contributed by atoms with van der Waals surface area (Å²) in [6, 6.07) is 5.73. The van der Waals surface area contributed by atoms with Crippen LogP contribution in [0.15, 0.2) is 23.1 Å². The number of carbonyl (C=O) groups excluding carboxylic acids is 1. The normalized spacial score (nSPS) is 15.6. The first-order valence-corrected chi connectivity index (χ1v) is 11.1. The van der Waals surface area contributed by atoms with Crippen molar-refractivity contribution in [3.63, 3.8) is 0 Å². The average molecular weight is 405 g/mol. The van der Waals surface area contributed by atoms with Crippen molar-refractivity contribution >= 4 is 21.6 Å². The standard InChI is InChI=1S/C20H28N4O3S/c1-14-8-9-18(12-15(14)2)21-19(25)13-24-17(4)20(16(3)22-24)28(26,27)23-10-6-5-7-11-23/h8-9,12H,5-7,10-11,13H2,1-4H3,(H,21,25). The molecule has 0 spiro atoms. The van der Waals surface area contributed by atoms with Gasteiger partial charge in [0.1, 0.15) is 11.4 Å². The van der Waals surface area contributed by atoms with Gasteiger partial charge in [-0.3, -0.25) is 9.48 Å². The number of rotatable bonds is 5. The monoisotopic (exact) mass is 404 g/mol. The highest BCUT2D eigenvalue weighted by atomic mass is 32.2. The van der Waals surface area contributed by atoms with E-state index in [9.17, 15) is 13.2 Å². The van der Waals surface area contributed by atoms with Crippen molar-refractivity contribution in [2.75, 3.05) is 18.4 Å². The molecule has 0 aliphatic carbocycles. The van der Waals surface area contributed by atoms with Gasteiger partial charge in [0.15, 0.2) is 0 Å². The third-order valence-corrected chi connectivity index (χ3v) is 7.46. The molecule has 2 heterocycles. The molecule has 3 rings (SSSR count). The molecule has 2 aromatic rings. The lowest BCUT2D eigenvalue weighted by Crippen LogP contribution is -2.36. The fourth-order valence-corrected chi connectivity index (χ4v) is 5.49. The molecular formula is C20H28N4O3S. The molecule has 1 aromatic heterocycles. The first kappa shape index (κ1) is 20.5. The largest absolute Gasteiger partial charge is 0.324 e.